The topological polar surface area (TPSA) is 49.6 Å². The third-order valence-electron chi connectivity index (χ3n) is 4.14. The van der Waals surface area contributed by atoms with Crippen LogP contribution in [0.15, 0.2) is 48.5 Å². The fourth-order valence-electron chi connectivity index (χ4n) is 2.70. The Kier molecular flexibility index (Phi) is 4.11. The van der Waals surface area contributed by atoms with Crippen molar-refractivity contribution in [2.24, 2.45) is 0 Å². The number of carbonyl (C=O) groups excluding carboxylic acids is 1. The predicted molar refractivity (Wildman–Crippen MR) is 89.7 cm³/mol. The molecule has 0 bridgehead atoms. The summed E-state index contributed by atoms with van der Waals surface area (Å²) in [6.45, 7) is 3.45. The Morgan fingerprint density at radius 3 is 2.32 bits per heavy atom. The van der Waals surface area contributed by atoms with Gasteiger partial charge in [-0.3, -0.25) is 4.79 Å². The number of nitrogen functional groups attached to an aromatic ring is 1. The van der Waals surface area contributed by atoms with E-state index in [1.54, 1.807) is 0 Å². The molecule has 1 fully saturated rings. The predicted octanol–water partition coefficient (Wildman–Crippen LogP) is 2.32. The molecule has 4 heteroatoms. The van der Waals surface area contributed by atoms with E-state index in [0.717, 1.165) is 48.6 Å². The Labute approximate surface area is 131 Å². The maximum absolute atomic E-state index is 12.6. The Morgan fingerprint density at radius 2 is 1.64 bits per heavy atom. The third kappa shape index (κ3) is 3.12. The van der Waals surface area contributed by atoms with Gasteiger partial charge in [-0.25, -0.2) is 0 Å². The highest BCUT2D eigenvalue weighted by atomic mass is 16.2. The first-order valence-electron chi connectivity index (χ1n) is 7.57. The second-order valence-electron chi connectivity index (χ2n) is 5.80. The first-order chi connectivity index (χ1) is 10.6. The number of benzene rings is 2. The molecule has 1 aliphatic heterocycles. The molecule has 1 amide bonds. The van der Waals surface area contributed by atoms with Gasteiger partial charge < -0.3 is 15.5 Å². The molecule has 1 aliphatic rings. The molecule has 0 aromatic heterocycles. The smallest absolute Gasteiger partial charge is 0.253 e. The summed E-state index contributed by atoms with van der Waals surface area (Å²) in [4.78, 5) is 16.8. The van der Waals surface area contributed by atoms with Crippen molar-refractivity contribution in [1.29, 1.82) is 0 Å². The molecule has 114 valence electrons. The summed E-state index contributed by atoms with van der Waals surface area (Å²) in [6.07, 6.45) is 0. The van der Waals surface area contributed by atoms with E-state index in [9.17, 15) is 4.79 Å². The molecule has 0 aliphatic carbocycles. The zero-order valence-corrected chi connectivity index (χ0v) is 12.8. The molecule has 2 aromatic rings. The zero-order valence-electron chi connectivity index (χ0n) is 12.8. The van der Waals surface area contributed by atoms with E-state index in [1.807, 2.05) is 53.4 Å². The minimum Gasteiger partial charge on any atom is -0.399 e. The molecule has 4 nitrogen and oxygen atoms in total. The summed E-state index contributed by atoms with van der Waals surface area (Å²) in [5.74, 6) is 0.116. The van der Waals surface area contributed by atoms with Crippen molar-refractivity contribution in [2.75, 3.05) is 39.0 Å². The fourth-order valence-corrected chi connectivity index (χ4v) is 2.70. The number of amides is 1. The van der Waals surface area contributed by atoms with Crippen LogP contribution in [0.25, 0.3) is 11.1 Å². The van der Waals surface area contributed by atoms with Gasteiger partial charge in [-0.1, -0.05) is 24.3 Å². The summed E-state index contributed by atoms with van der Waals surface area (Å²) >= 11 is 0. The molecule has 0 saturated carbocycles. The largest absolute Gasteiger partial charge is 0.399 e. The molecule has 2 N–H and O–H groups in total. The van der Waals surface area contributed by atoms with E-state index in [1.165, 1.54) is 0 Å². The number of anilines is 1. The second-order valence-corrected chi connectivity index (χ2v) is 5.80. The average Bonchev–Trinajstić information content (AvgIpc) is 2.56. The number of likely N-dealkylation sites (N-methyl/N-ethyl adjacent to an activating group) is 1. The molecule has 3 rings (SSSR count). The van der Waals surface area contributed by atoms with E-state index >= 15 is 0 Å². The van der Waals surface area contributed by atoms with Gasteiger partial charge >= 0.3 is 0 Å². The van der Waals surface area contributed by atoms with Crippen molar-refractivity contribution in [3.05, 3.63) is 54.1 Å². The van der Waals surface area contributed by atoms with Gasteiger partial charge in [0.1, 0.15) is 0 Å². The average molecular weight is 295 g/mol. The Bertz CT molecular complexity index is 658. The van der Waals surface area contributed by atoms with Crippen molar-refractivity contribution < 1.29 is 4.79 Å². The molecule has 0 atom stereocenters. The van der Waals surface area contributed by atoms with Crippen molar-refractivity contribution in [3.63, 3.8) is 0 Å². The number of piperazine rings is 1. The molecule has 0 radical (unpaired) electrons. The lowest BCUT2D eigenvalue weighted by atomic mass is 10.0. The number of nitrogens with two attached hydrogens (primary N) is 1. The van der Waals surface area contributed by atoms with E-state index in [0.29, 0.717) is 0 Å². The lowest BCUT2D eigenvalue weighted by Crippen LogP contribution is -2.47. The van der Waals surface area contributed by atoms with Crippen molar-refractivity contribution in [2.45, 2.75) is 0 Å². The van der Waals surface area contributed by atoms with Gasteiger partial charge in [0.05, 0.1) is 0 Å². The molecular formula is C18H21N3O. The monoisotopic (exact) mass is 295 g/mol. The molecular weight excluding hydrogens is 274 g/mol. The van der Waals surface area contributed by atoms with Crippen molar-refractivity contribution in [1.82, 2.24) is 9.80 Å². The molecule has 1 heterocycles. The molecule has 0 unspecified atom stereocenters. The SMILES string of the molecule is CN1CCN(C(=O)c2cccc(-c3ccc(N)cc3)c2)CC1. The van der Waals surface area contributed by atoms with Gasteiger partial charge in [0.15, 0.2) is 0 Å². The van der Waals surface area contributed by atoms with Gasteiger partial charge in [-0.05, 0) is 42.4 Å². The van der Waals surface area contributed by atoms with Crippen LogP contribution in [0.1, 0.15) is 10.4 Å². The second kappa shape index (κ2) is 6.20. The van der Waals surface area contributed by atoms with Crippen molar-refractivity contribution in [3.8, 4) is 11.1 Å². The van der Waals surface area contributed by atoms with Crippen LogP contribution in [0, 0.1) is 0 Å². The number of hydrogen-bond donors (Lipinski definition) is 1. The van der Waals surface area contributed by atoms with E-state index in [-0.39, 0.29) is 5.91 Å². The van der Waals surface area contributed by atoms with Gasteiger partial charge in [0.25, 0.3) is 5.91 Å². The standard InChI is InChI=1S/C18H21N3O/c1-20-9-11-21(12-10-20)18(22)16-4-2-3-15(13-16)14-5-7-17(19)8-6-14/h2-8,13H,9-12,19H2,1H3. The van der Waals surface area contributed by atoms with E-state index in [4.69, 9.17) is 5.73 Å². The summed E-state index contributed by atoms with van der Waals surface area (Å²) in [6, 6.07) is 15.5. The molecule has 2 aromatic carbocycles. The van der Waals surface area contributed by atoms with Crippen LogP contribution in [0.3, 0.4) is 0 Å². The molecule has 1 saturated heterocycles. The minimum absolute atomic E-state index is 0.116. The summed E-state index contributed by atoms with van der Waals surface area (Å²) in [5.41, 5.74) is 9.33. The highest BCUT2D eigenvalue weighted by Crippen LogP contribution is 2.22. The number of nitrogens with zero attached hydrogens (tertiary/aromatic N) is 2. The van der Waals surface area contributed by atoms with Crippen LogP contribution in [-0.4, -0.2) is 48.9 Å². The van der Waals surface area contributed by atoms with Gasteiger partial charge in [0.2, 0.25) is 0 Å². The Hall–Kier alpha value is -2.33. The van der Waals surface area contributed by atoms with Crippen LogP contribution >= 0.6 is 0 Å². The number of rotatable bonds is 2. The van der Waals surface area contributed by atoms with Crippen LogP contribution in [-0.2, 0) is 0 Å². The fraction of sp³-hybridized carbons (Fsp3) is 0.278. The summed E-state index contributed by atoms with van der Waals surface area (Å²) in [7, 11) is 2.09. The third-order valence-corrected chi connectivity index (χ3v) is 4.14. The maximum atomic E-state index is 12.6. The Morgan fingerprint density at radius 1 is 0.955 bits per heavy atom. The van der Waals surface area contributed by atoms with Crippen LogP contribution in [0.4, 0.5) is 5.69 Å². The Balaban J connectivity index is 1.81. The van der Waals surface area contributed by atoms with Crippen molar-refractivity contribution >= 4 is 11.6 Å². The molecule has 0 spiro atoms. The quantitative estimate of drug-likeness (QED) is 0.865. The lowest BCUT2D eigenvalue weighted by Gasteiger charge is -2.32. The van der Waals surface area contributed by atoms with Gasteiger partial charge in [-0.2, -0.15) is 0 Å². The van der Waals surface area contributed by atoms with E-state index in [2.05, 4.69) is 11.9 Å². The van der Waals surface area contributed by atoms with Crippen LogP contribution < -0.4 is 5.73 Å². The van der Waals surface area contributed by atoms with Gasteiger partial charge in [0, 0.05) is 37.4 Å². The number of hydrogen-bond acceptors (Lipinski definition) is 3. The van der Waals surface area contributed by atoms with Crippen LogP contribution in [0.2, 0.25) is 0 Å². The minimum atomic E-state index is 0.116. The molecule has 22 heavy (non-hydrogen) atoms. The normalized spacial score (nSPS) is 15.8. The first kappa shape index (κ1) is 14.6. The summed E-state index contributed by atoms with van der Waals surface area (Å²) < 4.78 is 0. The van der Waals surface area contributed by atoms with Gasteiger partial charge in [-0.15, -0.1) is 0 Å². The lowest BCUT2D eigenvalue weighted by molar-refractivity contribution is 0.0664. The highest BCUT2D eigenvalue weighted by molar-refractivity contribution is 5.95. The summed E-state index contributed by atoms with van der Waals surface area (Å²) in [5, 5.41) is 0. The number of carbonyl (C=O) groups is 1. The zero-order chi connectivity index (χ0) is 15.5. The first-order valence-corrected chi connectivity index (χ1v) is 7.57. The highest BCUT2D eigenvalue weighted by Gasteiger charge is 2.20. The van der Waals surface area contributed by atoms with Crippen LogP contribution in [0.5, 0.6) is 0 Å². The maximum Gasteiger partial charge on any atom is 0.253 e. The van der Waals surface area contributed by atoms with E-state index < -0.39 is 0 Å².